The molecule has 1 aliphatic heterocycles. The van der Waals surface area contributed by atoms with E-state index in [9.17, 15) is 0 Å². The van der Waals surface area contributed by atoms with E-state index in [0.29, 0.717) is 5.92 Å². The molecule has 0 aromatic carbocycles. The lowest BCUT2D eigenvalue weighted by Gasteiger charge is -1.86. The van der Waals surface area contributed by atoms with Crippen LogP contribution in [0.4, 0.5) is 0 Å². The van der Waals surface area contributed by atoms with E-state index in [0.717, 1.165) is 5.03 Å². The fourth-order valence-corrected chi connectivity index (χ4v) is 1.14. The first-order chi connectivity index (χ1) is 3.83. The Hall–Kier alpha value is -0.240. The summed E-state index contributed by atoms with van der Waals surface area (Å²) in [6.45, 7) is 2.13. The Balaban J connectivity index is 2.58. The predicted molar refractivity (Wildman–Crippen MR) is 39.3 cm³/mol. The minimum Gasteiger partial charge on any atom is -0.254 e. The summed E-state index contributed by atoms with van der Waals surface area (Å²) < 4.78 is 0. The fourth-order valence-electron chi connectivity index (χ4n) is 0.623. The van der Waals surface area contributed by atoms with Crippen LogP contribution in [0.25, 0.3) is 0 Å². The second-order valence-corrected chi connectivity index (χ2v) is 2.67. The number of nitrogens with zero attached hydrogens (tertiary/aromatic N) is 1. The number of hydrogen-bond donors (Lipinski definition) is 0. The van der Waals surface area contributed by atoms with Crippen molar-refractivity contribution in [2.45, 2.75) is 6.92 Å². The van der Waals surface area contributed by atoms with Crippen LogP contribution < -0.4 is 0 Å². The Kier molecular flexibility index (Phi) is 1.73. The van der Waals surface area contributed by atoms with Gasteiger partial charge in [-0.3, -0.25) is 4.99 Å². The summed E-state index contributed by atoms with van der Waals surface area (Å²) in [6.07, 6.45) is 6.16. The molecule has 0 N–H and O–H groups in total. The standard InChI is InChI=1S/C6H9NS/c1-5-3-6(8-2)7-4-5/h3-5H,1-2H3. The fraction of sp³-hybridized carbons (Fsp3) is 0.500. The van der Waals surface area contributed by atoms with Gasteiger partial charge >= 0.3 is 0 Å². The first kappa shape index (κ1) is 5.89. The number of rotatable bonds is 1. The highest BCUT2D eigenvalue weighted by Gasteiger charge is 2.02. The van der Waals surface area contributed by atoms with Crippen LogP contribution in [-0.2, 0) is 0 Å². The molecule has 8 heavy (non-hydrogen) atoms. The third-order valence-electron chi connectivity index (χ3n) is 1.05. The molecule has 1 atom stereocenters. The highest BCUT2D eigenvalue weighted by Crippen LogP contribution is 2.19. The van der Waals surface area contributed by atoms with Crippen LogP contribution >= 0.6 is 11.8 Å². The lowest BCUT2D eigenvalue weighted by atomic mass is 10.2. The summed E-state index contributed by atoms with van der Waals surface area (Å²) in [7, 11) is 0. The van der Waals surface area contributed by atoms with Gasteiger partial charge in [0.1, 0.15) is 0 Å². The molecule has 2 heteroatoms. The monoisotopic (exact) mass is 127 g/mol. The Bertz CT molecular complexity index is 137. The summed E-state index contributed by atoms with van der Waals surface area (Å²) in [6, 6.07) is 0. The Morgan fingerprint density at radius 1 is 1.75 bits per heavy atom. The molecule has 44 valence electrons. The van der Waals surface area contributed by atoms with Gasteiger partial charge in [0, 0.05) is 12.1 Å². The number of aliphatic imine (C=N–C) groups is 1. The summed E-state index contributed by atoms with van der Waals surface area (Å²) in [5.41, 5.74) is 0. The van der Waals surface area contributed by atoms with E-state index >= 15 is 0 Å². The van der Waals surface area contributed by atoms with Gasteiger partial charge in [0.2, 0.25) is 0 Å². The average molecular weight is 127 g/mol. The van der Waals surface area contributed by atoms with Crippen LogP contribution in [0.3, 0.4) is 0 Å². The molecule has 0 saturated heterocycles. The molecule has 0 aromatic rings. The third kappa shape index (κ3) is 1.13. The molecule has 1 nitrogen and oxygen atoms in total. The van der Waals surface area contributed by atoms with Crippen molar-refractivity contribution in [1.82, 2.24) is 0 Å². The van der Waals surface area contributed by atoms with Crippen molar-refractivity contribution in [3.05, 3.63) is 11.1 Å². The van der Waals surface area contributed by atoms with E-state index in [1.807, 2.05) is 12.5 Å². The van der Waals surface area contributed by atoms with Crippen molar-refractivity contribution in [3.63, 3.8) is 0 Å². The lowest BCUT2D eigenvalue weighted by Crippen LogP contribution is -1.81. The number of hydrogen-bond acceptors (Lipinski definition) is 2. The molecule has 1 heterocycles. The summed E-state index contributed by atoms with van der Waals surface area (Å²) >= 11 is 1.70. The van der Waals surface area contributed by atoms with Crippen molar-refractivity contribution in [2.24, 2.45) is 10.9 Å². The van der Waals surface area contributed by atoms with Crippen molar-refractivity contribution < 1.29 is 0 Å². The van der Waals surface area contributed by atoms with Gasteiger partial charge in [-0.1, -0.05) is 6.92 Å². The summed E-state index contributed by atoms with van der Waals surface area (Å²) in [4.78, 5) is 4.13. The molecular formula is C6H9NS. The molecule has 0 aliphatic carbocycles. The third-order valence-corrected chi connectivity index (χ3v) is 1.71. The number of thioether (sulfide) groups is 1. The molecule has 0 aromatic heterocycles. The maximum Gasteiger partial charge on any atom is 0.0919 e. The maximum absolute atomic E-state index is 4.13. The van der Waals surface area contributed by atoms with Gasteiger partial charge < -0.3 is 0 Å². The molecule has 1 aliphatic rings. The Morgan fingerprint density at radius 3 is 2.75 bits per heavy atom. The molecule has 1 unspecified atom stereocenters. The molecule has 0 fully saturated rings. The van der Waals surface area contributed by atoms with Crippen molar-refractivity contribution >= 4 is 18.0 Å². The first-order valence-electron chi connectivity index (χ1n) is 2.63. The van der Waals surface area contributed by atoms with Crippen LogP contribution in [0.15, 0.2) is 16.1 Å². The Morgan fingerprint density at radius 2 is 2.50 bits per heavy atom. The molecule has 0 saturated carbocycles. The van der Waals surface area contributed by atoms with Gasteiger partial charge in [0.05, 0.1) is 5.03 Å². The zero-order valence-electron chi connectivity index (χ0n) is 5.09. The highest BCUT2D eigenvalue weighted by molar-refractivity contribution is 8.02. The molecule has 1 rings (SSSR count). The van der Waals surface area contributed by atoms with Crippen LogP contribution in [0.1, 0.15) is 6.92 Å². The van der Waals surface area contributed by atoms with E-state index in [1.165, 1.54) is 0 Å². The normalized spacial score (nSPS) is 26.2. The van der Waals surface area contributed by atoms with Gasteiger partial charge in [0.25, 0.3) is 0 Å². The Labute approximate surface area is 53.9 Å². The topological polar surface area (TPSA) is 12.4 Å². The van der Waals surface area contributed by atoms with Crippen LogP contribution in [0, 0.1) is 5.92 Å². The second-order valence-electron chi connectivity index (χ2n) is 1.85. The average Bonchev–Trinajstić information content (AvgIpc) is 2.14. The maximum atomic E-state index is 4.13. The molecule has 0 amide bonds. The quantitative estimate of drug-likeness (QED) is 0.524. The summed E-state index contributed by atoms with van der Waals surface area (Å²) in [5, 5.41) is 1.15. The lowest BCUT2D eigenvalue weighted by molar-refractivity contribution is 1.05. The first-order valence-corrected chi connectivity index (χ1v) is 3.85. The molecule has 0 bridgehead atoms. The second kappa shape index (κ2) is 2.35. The van der Waals surface area contributed by atoms with Crippen LogP contribution in [0.2, 0.25) is 0 Å². The predicted octanol–water partition coefficient (Wildman–Crippen LogP) is 1.91. The minimum atomic E-state index is 0.553. The van der Waals surface area contributed by atoms with Gasteiger partial charge in [-0.05, 0) is 12.3 Å². The van der Waals surface area contributed by atoms with Crippen molar-refractivity contribution in [2.75, 3.05) is 6.26 Å². The summed E-state index contributed by atoms with van der Waals surface area (Å²) in [5.74, 6) is 0.553. The van der Waals surface area contributed by atoms with E-state index in [1.54, 1.807) is 11.8 Å². The van der Waals surface area contributed by atoms with E-state index in [-0.39, 0.29) is 0 Å². The van der Waals surface area contributed by atoms with Crippen LogP contribution in [0.5, 0.6) is 0 Å². The van der Waals surface area contributed by atoms with Gasteiger partial charge in [-0.15, -0.1) is 11.8 Å². The SMILES string of the molecule is CSC1=CC(C)C=N1. The molecular weight excluding hydrogens is 118 g/mol. The smallest absolute Gasteiger partial charge is 0.0919 e. The van der Waals surface area contributed by atoms with E-state index in [4.69, 9.17) is 0 Å². The molecule has 0 radical (unpaired) electrons. The largest absolute Gasteiger partial charge is 0.254 e. The van der Waals surface area contributed by atoms with Crippen molar-refractivity contribution in [1.29, 1.82) is 0 Å². The molecule has 0 spiro atoms. The highest BCUT2D eigenvalue weighted by atomic mass is 32.2. The number of allylic oxidation sites excluding steroid dienone is 1. The van der Waals surface area contributed by atoms with Gasteiger partial charge in [-0.2, -0.15) is 0 Å². The zero-order valence-corrected chi connectivity index (χ0v) is 5.90. The van der Waals surface area contributed by atoms with E-state index in [2.05, 4.69) is 18.0 Å². The van der Waals surface area contributed by atoms with Gasteiger partial charge in [-0.25, -0.2) is 0 Å². The van der Waals surface area contributed by atoms with Crippen molar-refractivity contribution in [3.8, 4) is 0 Å². The minimum absolute atomic E-state index is 0.553. The van der Waals surface area contributed by atoms with Crippen LogP contribution in [-0.4, -0.2) is 12.5 Å². The van der Waals surface area contributed by atoms with Gasteiger partial charge in [0.15, 0.2) is 0 Å². The van der Waals surface area contributed by atoms with E-state index < -0.39 is 0 Å². The zero-order chi connectivity index (χ0) is 5.98.